The average molecular weight is 392 g/mol. The molecule has 0 bridgehead atoms. The molecule has 152 valence electrons. The van der Waals surface area contributed by atoms with Crippen LogP contribution in [0.5, 0.6) is 0 Å². The van der Waals surface area contributed by atoms with E-state index in [9.17, 15) is 14.7 Å². The number of rotatable bonds is 5. The molecule has 0 spiro atoms. The Bertz CT molecular complexity index is 918. The zero-order chi connectivity index (χ0) is 21.2. The van der Waals surface area contributed by atoms with E-state index >= 15 is 0 Å². The van der Waals surface area contributed by atoms with E-state index in [0.717, 1.165) is 11.1 Å². The Kier molecular flexibility index (Phi) is 5.92. The first-order valence-corrected chi connectivity index (χ1v) is 9.98. The number of Topliss-reactive ketones (excluding diaryl/α,β-unsaturated/α-hetero) is 1. The Morgan fingerprint density at radius 3 is 2.21 bits per heavy atom. The molecule has 0 radical (unpaired) electrons. The molecule has 1 fully saturated rings. The number of hydrogen-bond donors (Lipinski definition) is 1. The average Bonchev–Trinajstić information content (AvgIpc) is 2.95. The third kappa shape index (κ3) is 4.76. The summed E-state index contributed by atoms with van der Waals surface area (Å²) in [5, 5.41) is 10.6. The van der Waals surface area contributed by atoms with Crippen molar-refractivity contribution in [1.82, 2.24) is 0 Å². The summed E-state index contributed by atoms with van der Waals surface area (Å²) >= 11 is 0. The fourth-order valence-corrected chi connectivity index (χ4v) is 3.53. The molecule has 1 saturated heterocycles. The minimum absolute atomic E-state index is 0.0715. The number of carbonyl (C=O) groups excluding carboxylic acids is 2. The van der Waals surface area contributed by atoms with Crippen molar-refractivity contribution in [3.63, 3.8) is 0 Å². The lowest BCUT2D eigenvalue weighted by Gasteiger charge is -2.19. The van der Waals surface area contributed by atoms with Crippen molar-refractivity contribution in [2.24, 2.45) is 5.92 Å². The second-order valence-electron chi connectivity index (χ2n) is 8.76. The van der Waals surface area contributed by atoms with Crippen LogP contribution in [-0.4, -0.2) is 23.0 Å². The summed E-state index contributed by atoms with van der Waals surface area (Å²) in [6.07, 6.45) is -0.0329. The zero-order valence-electron chi connectivity index (χ0n) is 17.4. The van der Waals surface area contributed by atoms with E-state index in [-0.39, 0.29) is 22.7 Å². The Morgan fingerprint density at radius 1 is 1.00 bits per heavy atom. The van der Waals surface area contributed by atoms with Gasteiger partial charge < -0.3 is 9.84 Å². The summed E-state index contributed by atoms with van der Waals surface area (Å²) in [6.45, 7) is 8.28. The van der Waals surface area contributed by atoms with Gasteiger partial charge in [-0.2, -0.15) is 0 Å². The van der Waals surface area contributed by atoms with Gasteiger partial charge in [-0.25, -0.2) is 4.79 Å². The first kappa shape index (κ1) is 20.8. The highest BCUT2D eigenvalue weighted by Crippen LogP contribution is 2.28. The topological polar surface area (TPSA) is 63.6 Å². The van der Waals surface area contributed by atoms with Crippen LogP contribution in [-0.2, 0) is 32.6 Å². The van der Waals surface area contributed by atoms with Crippen LogP contribution in [0.2, 0.25) is 0 Å². The van der Waals surface area contributed by atoms with Gasteiger partial charge >= 0.3 is 5.97 Å². The molecule has 29 heavy (non-hydrogen) atoms. The van der Waals surface area contributed by atoms with Gasteiger partial charge in [0.1, 0.15) is 11.3 Å². The molecule has 0 amide bonds. The molecule has 3 rings (SSSR count). The largest absolute Gasteiger partial charge is 0.511 e. The molecule has 1 heterocycles. The van der Waals surface area contributed by atoms with E-state index in [4.69, 9.17) is 4.74 Å². The van der Waals surface area contributed by atoms with Crippen LogP contribution in [0.25, 0.3) is 0 Å². The van der Waals surface area contributed by atoms with Crippen molar-refractivity contribution in [3.05, 3.63) is 82.6 Å². The molecule has 1 aliphatic rings. The van der Waals surface area contributed by atoms with Gasteiger partial charge in [-0.05, 0) is 28.5 Å². The molecule has 0 aromatic heterocycles. The lowest BCUT2D eigenvalue weighted by atomic mass is 9.86. The number of esters is 1. The Hall–Kier alpha value is -2.88. The van der Waals surface area contributed by atoms with E-state index < -0.39 is 17.9 Å². The van der Waals surface area contributed by atoms with Gasteiger partial charge in [0, 0.05) is 12.3 Å². The highest BCUT2D eigenvalue weighted by atomic mass is 16.6. The zero-order valence-corrected chi connectivity index (χ0v) is 17.4. The smallest absolute Gasteiger partial charge is 0.346 e. The summed E-state index contributed by atoms with van der Waals surface area (Å²) in [5.41, 5.74) is 3.05. The summed E-state index contributed by atoms with van der Waals surface area (Å²) in [7, 11) is 0. The maximum atomic E-state index is 12.7. The lowest BCUT2D eigenvalue weighted by Crippen LogP contribution is -2.20. The number of hydrogen-bond acceptors (Lipinski definition) is 4. The molecule has 0 saturated carbocycles. The predicted octanol–water partition coefficient (Wildman–Crippen LogP) is 4.71. The second-order valence-corrected chi connectivity index (χ2v) is 8.76. The Morgan fingerprint density at radius 2 is 1.62 bits per heavy atom. The number of aliphatic hydroxyl groups is 1. The van der Waals surface area contributed by atoms with E-state index in [1.807, 2.05) is 49.4 Å². The van der Waals surface area contributed by atoms with Gasteiger partial charge in [-0.1, -0.05) is 82.3 Å². The summed E-state index contributed by atoms with van der Waals surface area (Å²) in [6, 6.07) is 17.6. The molecule has 2 aromatic carbocycles. The second kappa shape index (κ2) is 8.24. The molecule has 0 aliphatic carbocycles. The van der Waals surface area contributed by atoms with E-state index in [1.54, 1.807) is 0 Å². The molecule has 4 heteroatoms. The van der Waals surface area contributed by atoms with Gasteiger partial charge in [0.05, 0.1) is 0 Å². The van der Waals surface area contributed by atoms with Crippen molar-refractivity contribution in [1.29, 1.82) is 0 Å². The summed E-state index contributed by atoms with van der Waals surface area (Å²) in [4.78, 5) is 25.0. The minimum atomic E-state index is -0.875. The van der Waals surface area contributed by atoms with Crippen LogP contribution in [0, 0.1) is 5.92 Å². The highest BCUT2D eigenvalue weighted by molar-refractivity contribution is 6.23. The predicted molar refractivity (Wildman–Crippen MR) is 113 cm³/mol. The molecule has 2 atom stereocenters. The van der Waals surface area contributed by atoms with Crippen molar-refractivity contribution in [2.75, 3.05) is 0 Å². The molecular formula is C25H28O4. The van der Waals surface area contributed by atoms with Crippen LogP contribution in [0.3, 0.4) is 0 Å². The van der Waals surface area contributed by atoms with Crippen LogP contribution < -0.4 is 0 Å². The quantitative estimate of drug-likeness (QED) is 0.346. The summed E-state index contributed by atoms with van der Waals surface area (Å²) in [5.74, 6) is -1.72. The maximum absolute atomic E-state index is 12.7. The third-order valence-electron chi connectivity index (χ3n) is 5.34. The Balaban J connectivity index is 1.74. The van der Waals surface area contributed by atoms with Crippen LogP contribution in [0.15, 0.2) is 65.9 Å². The van der Waals surface area contributed by atoms with Gasteiger partial charge in [0.25, 0.3) is 0 Å². The molecule has 0 unspecified atom stereocenters. The number of cyclic esters (lactones) is 1. The number of ketones is 1. The first-order chi connectivity index (χ1) is 13.7. The van der Waals surface area contributed by atoms with E-state index in [2.05, 4.69) is 32.9 Å². The maximum Gasteiger partial charge on any atom is 0.346 e. The van der Waals surface area contributed by atoms with Crippen molar-refractivity contribution in [3.8, 4) is 0 Å². The fourth-order valence-electron chi connectivity index (χ4n) is 3.53. The standard InChI is InChI=1S/C25H28O4/c1-16(14-18-10-12-19(13-11-18)25(2,3)4)22(26)21-23(27)20(29-24(21)28)15-17-8-6-5-7-9-17/h5-13,16,20,26H,14-15H2,1-4H3/t16-,20-/m0/s1. The normalized spacial score (nSPS) is 19.8. The highest BCUT2D eigenvalue weighted by Gasteiger charge is 2.41. The van der Waals surface area contributed by atoms with Crippen LogP contribution >= 0.6 is 0 Å². The van der Waals surface area contributed by atoms with E-state index in [0.29, 0.717) is 12.8 Å². The van der Waals surface area contributed by atoms with Crippen molar-refractivity contribution >= 4 is 11.8 Å². The SMILES string of the molecule is C[C@@H](Cc1ccc(C(C)(C)C)cc1)C(O)=C1C(=O)O[C@@H](Cc2ccccc2)C1=O. The summed E-state index contributed by atoms with van der Waals surface area (Å²) < 4.78 is 5.26. The molecule has 2 aromatic rings. The lowest BCUT2D eigenvalue weighted by molar-refractivity contribution is -0.140. The number of carbonyl (C=O) groups is 2. The number of allylic oxidation sites excluding steroid dienone is 1. The third-order valence-corrected chi connectivity index (χ3v) is 5.34. The number of benzene rings is 2. The fraction of sp³-hybridized carbons (Fsp3) is 0.360. The molecule has 4 nitrogen and oxygen atoms in total. The van der Waals surface area contributed by atoms with Crippen molar-refractivity contribution in [2.45, 2.75) is 52.1 Å². The Labute approximate surface area is 172 Å². The van der Waals surface area contributed by atoms with Crippen LogP contribution in [0.4, 0.5) is 0 Å². The molecule has 1 aliphatic heterocycles. The molecular weight excluding hydrogens is 364 g/mol. The van der Waals surface area contributed by atoms with Gasteiger partial charge in [0.15, 0.2) is 6.10 Å². The first-order valence-electron chi connectivity index (χ1n) is 9.98. The minimum Gasteiger partial charge on any atom is -0.511 e. The van der Waals surface area contributed by atoms with Gasteiger partial charge in [-0.15, -0.1) is 0 Å². The van der Waals surface area contributed by atoms with Gasteiger partial charge in [-0.3, -0.25) is 4.79 Å². The number of aliphatic hydroxyl groups excluding tert-OH is 1. The van der Waals surface area contributed by atoms with Crippen LogP contribution in [0.1, 0.15) is 44.4 Å². The number of ether oxygens (including phenoxy) is 1. The monoisotopic (exact) mass is 392 g/mol. The van der Waals surface area contributed by atoms with Gasteiger partial charge in [0.2, 0.25) is 5.78 Å². The molecule has 1 N–H and O–H groups in total. The van der Waals surface area contributed by atoms with E-state index in [1.165, 1.54) is 5.56 Å². The van der Waals surface area contributed by atoms with Crippen molar-refractivity contribution < 1.29 is 19.4 Å².